The van der Waals surface area contributed by atoms with Crippen molar-refractivity contribution >= 4 is 23.4 Å². The topological polar surface area (TPSA) is 58.0 Å². The Morgan fingerprint density at radius 1 is 0.913 bits per heavy atom. The summed E-state index contributed by atoms with van der Waals surface area (Å²) in [4.78, 5) is 19.2. The van der Waals surface area contributed by atoms with Gasteiger partial charge >= 0.3 is 6.18 Å². The Labute approximate surface area is 135 Å². The van der Waals surface area contributed by atoms with Gasteiger partial charge in [-0.15, -0.1) is 0 Å². The Morgan fingerprint density at radius 3 is 2.13 bits per heavy atom. The first-order valence-corrected chi connectivity index (χ1v) is 7.18. The summed E-state index contributed by atoms with van der Waals surface area (Å²) in [5, 5.41) is 0.452. The molecule has 2 aromatic heterocycles. The van der Waals surface area contributed by atoms with Gasteiger partial charge in [0.25, 0.3) is 0 Å². The van der Waals surface area contributed by atoms with Gasteiger partial charge in [0.2, 0.25) is 5.95 Å². The van der Waals surface area contributed by atoms with Crippen LogP contribution in [0, 0.1) is 0 Å². The number of hydrogen-bond donors (Lipinski definition) is 0. The maximum atomic E-state index is 12.7. The maximum Gasteiger partial charge on any atom is 0.433 e. The summed E-state index contributed by atoms with van der Waals surface area (Å²) >= 11 is 5.75. The smallest absolute Gasteiger partial charge is 0.353 e. The monoisotopic (exact) mass is 344 g/mol. The summed E-state index contributed by atoms with van der Waals surface area (Å²) in [6.45, 7) is 2.18. The van der Waals surface area contributed by atoms with Crippen LogP contribution in [0.25, 0.3) is 0 Å². The van der Waals surface area contributed by atoms with Gasteiger partial charge in [0.1, 0.15) is 17.8 Å². The van der Waals surface area contributed by atoms with Crippen LogP contribution in [0.15, 0.2) is 24.8 Å². The highest BCUT2D eigenvalue weighted by Crippen LogP contribution is 2.29. The molecule has 1 aliphatic rings. The quantitative estimate of drug-likeness (QED) is 0.833. The van der Waals surface area contributed by atoms with Gasteiger partial charge in [0.15, 0.2) is 0 Å². The molecule has 23 heavy (non-hydrogen) atoms. The molecule has 0 aromatic carbocycles. The molecule has 1 fully saturated rings. The molecule has 3 heterocycles. The van der Waals surface area contributed by atoms with E-state index in [9.17, 15) is 13.2 Å². The van der Waals surface area contributed by atoms with E-state index in [-0.39, 0.29) is 5.82 Å². The van der Waals surface area contributed by atoms with Crippen molar-refractivity contribution in [2.24, 2.45) is 0 Å². The lowest BCUT2D eigenvalue weighted by Gasteiger charge is -2.35. The summed E-state index contributed by atoms with van der Waals surface area (Å²) in [7, 11) is 0. The second kappa shape index (κ2) is 6.15. The predicted octanol–water partition coefficient (Wildman–Crippen LogP) is 2.27. The zero-order chi connectivity index (χ0) is 16.4. The van der Waals surface area contributed by atoms with Gasteiger partial charge in [-0.05, 0) is 0 Å². The maximum absolute atomic E-state index is 12.7. The largest absolute Gasteiger partial charge is 0.433 e. The average molecular weight is 345 g/mol. The fraction of sp³-hybridized carbons (Fsp3) is 0.385. The minimum absolute atomic E-state index is 0.268. The predicted molar refractivity (Wildman–Crippen MR) is 78.5 cm³/mol. The van der Waals surface area contributed by atoms with Crippen molar-refractivity contribution in [3.8, 4) is 0 Å². The van der Waals surface area contributed by atoms with Gasteiger partial charge in [-0.2, -0.15) is 13.2 Å². The van der Waals surface area contributed by atoms with Gasteiger partial charge in [-0.1, -0.05) is 11.6 Å². The van der Waals surface area contributed by atoms with Gasteiger partial charge in [-0.3, -0.25) is 0 Å². The third kappa shape index (κ3) is 3.61. The van der Waals surface area contributed by atoms with E-state index in [4.69, 9.17) is 11.6 Å². The van der Waals surface area contributed by atoms with E-state index in [1.807, 2.05) is 4.90 Å². The van der Waals surface area contributed by atoms with Gasteiger partial charge in [0, 0.05) is 32.2 Å². The van der Waals surface area contributed by atoms with Crippen molar-refractivity contribution in [3.05, 3.63) is 35.5 Å². The van der Waals surface area contributed by atoms with Crippen LogP contribution in [0.5, 0.6) is 0 Å². The molecule has 0 spiro atoms. The van der Waals surface area contributed by atoms with Gasteiger partial charge in [-0.25, -0.2) is 19.9 Å². The lowest BCUT2D eigenvalue weighted by atomic mass is 10.3. The summed E-state index contributed by atoms with van der Waals surface area (Å²) in [6.07, 6.45) is -0.518. The van der Waals surface area contributed by atoms with Crippen LogP contribution in [0.1, 0.15) is 5.69 Å². The van der Waals surface area contributed by atoms with Gasteiger partial charge in [0.05, 0.1) is 17.4 Å². The van der Waals surface area contributed by atoms with Crippen LogP contribution < -0.4 is 9.80 Å². The Balaban J connectivity index is 1.68. The molecule has 0 unspecified atom stereocenters. The minimum atomic E-state index is -4.48. The van der Waals surface area contributed by atoms with Crippen LogP contribution in [0.4, 0.5) is 24.9 Å². The number of alkyl halides is 3. The zero-order valence-electron chi connectivity index (χ0n) is 11.8. The van der Waals surface area contributed by atoms with Crippen molar-refractivity contribution in [2.75, 3.05) is 36.0 Å². The van der Waals surface area contributed by atoms with Crippen LogP contribution >= 0.6 is 11.6 Å². The second-order valence-electron chi connectivity index (χ2n) is 4.93. The zero-order valence-corrected chi connectivity index (χ0v) is 12.6. The molecular weight excluding hydrogens is 333 g/mol. The molecule has 10 heteroatoms. The first-order chi connectivity index (χ1) is 10.9. The molecule has 3 rings (SSSR count). The number of halogens is 4. The van der Waals surface area contributed by atoms with E-state index in [1.165, 1.54) is 12.4 Å². The van der Waals surface area contributed by atoms with Crippen molar-refractivity contribution in [3.63, 3.8) is 0 Å². The number of nitrogens with zero attached hydrogens (tertiary/aromatic N) is 6. The molecule has 0 N–H and O–H groups in total. The van der Waals surface area contributed by atoms with E-state index < -0.39 is 11.9 Å². The summed E-state index contributed by atoms with van der Waals surface area (Å²) in [5.74, 6) is 0.816. The number of anilines is 2. The summed E-state index contributed by atoms with van der Waals surface area (Å²) in [6, 6.07) is 0.967. The summed E-state index contributed by atoms with van der Waals surface area (Å²) in [5.41, 5.74) is -0.939. The average Bonchev–Trinajstić information content (AvgIpc) is 2.55. The fourth-order valence-corrected chi connectivity index (χ4v) is 2.38. The van der Waals surface area contributed by atoms with Crippen LogP contribution in [-0.2, 0) is 6.18 Å². The normalized spacial score (nSPS) is 15.8. The molecule has 0 amide bonds. The van der Waals surface area contributed by atoms with E-state index in [0.29, 0.717) is 37.1 Å². The fourth-order valence-electron chi connectivity index (χ4n) is 2.28. The Hall–Kier alpha value is -2.16. The number of rotatable bonds is 2. The molecule has 0 aliphatic carbocycles. The third-order valence-corrected chi connectivity index (χ3v) is 3.63. The lowest BCUT2D eigenvalue weighted by molar-refractivity contribution is -0.141. The van der Waals surface area contributed by atoms with Crippen molar-refractivity contribution < 1.29 is 13.2 Å². The number of piperazine rings is 1. The molecule has 6 nitrogen and oxygen atoms in total. The molecule has 0 radical (unpaired) electrons. The van der Waals surface area contributed by atoms with Crippen molar-refractivity contribution in [1.82, 2.24) is 19.9 Å². The van der Waals surface area contributed by atoms with Crippen LogP contribution in [0.2, 0.25) is 5.02 Å². The molecule has 1 saturated heterocycles. The highest BCUT2D eigenvalue weighted by Gasteiger charge is 2.33. The Kier molecular flexibility index (Phi) is 4.20. The highest BCUT2D eigenvalue weighted by atomic mass is 35.5. The van der Waals surface area contributed by atoms with Crippen molar-refractivity contribution in [2.45, 2.75) is 6.18 Å². The molecule has 0 bridgehead atoms. The molecule has 0 saturated carbocycles. The van der Waals surface area contributed by atoms with E-state index in [2.05, 4.69) is 19.9 Å². The van der Waals surface area contributed by atoms with Crippen molar-refractivity contribution in [1.29, 1.82) is 0 Å². The first kappa shape index (κ1) is 15.7. The number of hydrogen-bond acceptors (Lipinski definition) is 6. The van der Waals surface area contributed by atoms with E-state index in [0.717, 1.165) is 12.4 Å². The molecular formula is C13H12ClF3N6. The first-order valence-electron chi connectivity index (χ1n) is 6.80. The highest BCUT2D eigenvalue weighted by molar-refractivity contribution is 6.30. The van der Waals surface area contributed by atoms with Crippen LogP contribution in [0.3, 0.4) is 0 Å². The SMILES string of the molecule is FC(F)(F)c1cc(N2CCN(c3ncc(Cl)cn3)CC2)ncn1. The van der Waals surface area contributed by atoms with E-state index >= 15 is 0 Å². The molecule has 1 aliphatic heterocycles. The summed E-state index contributed by atoms with van der Waals surface area (Å²) < 4.78 is 38.1. The standard InChI is InChI=1S/C13H12ClF3N6/c14-9-6-18-12(19-7-9)23-3-1-22(2-4-23)11-5-10(13(15,16)17)20-8-21-11/h5-8H,1-4H2. The molecule has 2 aromatic rings. The third-order valence-electron chi connectivity index (χ3n) is 3.44. The number of aromatic nitrogens is 4. The molecule has 0 atom stereocenters. The molecule has 122 valence electrons. The van der Waals surface area contributed by atoms with Crippen LogP contribution in [-0.4, -0.2) is 46.1 Å². The lowest BCUT2D eigenvalue weighted by Crippen LogP contribution is -2.47. The minimum Gasteiger partial charge on any atom is -0.353 e. The van der Waals surface area contributed by atoms with Gasteiger partial charge < -0.3 is 9.80 Å². The second-order valence-corrected chi connectivity index (χ2v) is 5.37. The Bertz CT molecular complexity index is 670. The Morgan fingerprint density at radius 2 is 1.52 bits per heavy atom. The van der Waals surface area contributed by atoms with E-state index in [1.54, 1.807) is 4.90 Å².